The molecule has 0 bridgehead atoms. The first-order valence-electron chi connectivity index (χ1n) is 7.47. The van der Waals surface area contributed by atoms with Crippen molar-refractivity contribution in [3.63, 3.8) is 0 Å². The van der Waals surface area contributed by atoms with Gasteiger partial charge < -0.3 is 9.64 Å². The summed E-state index contributed by atoms with van der Waals surface area (Å²) in [4.78, 5) is 19.4. The molecule has 1 aromatic rings. The van der Waals surface area contributed by atoms with E-state index in [2.05, 4.69) is 21.4 Å². The van der Waals surface area contributed by atoms with E-state index in [4.69, 9.17) is 9.57 Å². The molecule has 1 unspecified atom stereocenters. The standard InChI is InChI=1S/C16H19BrN2O3/c17-15-10-14(22-18-15)13-6-8-19(9-7-13)16(20)21-11-12-4-2-1-3-5-12/h1-5,10,13-14,18H,6-9,11H2. The van der Waals surface area contributed by atoms with Gasteiger partial charge in [0.1, 0.15) is 17.3 Å². The van der Waals surface area contributed by atoms with Crippen molar-refractivity contribution in [2.45, 2.75) is 25.6 Å². The van der Waals surface area contributed by atoms with Gasteiger partial charge in [-0.25, -0.2) is 4.79 Å². The molecule has 118 valence electrons. The maximum Gasteiger partial charge on any atom is 0.410 e. The molecule has 1 aromatic carbocycles. The predicted octanol–water partition coefficient (Wildman–Crippen LogP) is 3.17. The molecule has 0 saturated carbocycles. The summed E-state index contributed by atoms with van der Waals surface area (Å²) in [6, 6.07) is 9.73. The molecule has 3 rings (SSSR count). The number of nitrogens with zero attached hydrogens (tertiary/aromatic N) is 1. The van der Waals surface area contributed by atoms with Crippen molar-refractivity contribution in [3.8, 4) is 0 Å². The quantitative estimate of drug-likeness (QED) is 0.834. The Morgan fingerprint density at radius 2 is 2.05 bits per heavy atom. The van der Waals surface area contributed by atoms with Gasteiger partial charge in [-0.3, -0.25) is 10.3 Å². The van der Waals surface area contributed by atoms with E-state index in [0.29, 0.717) is 25.6 Å². The van der Waals surface area contributed by atoms with Gasteiger partial charge in [-0.05, 0) is 46.3 Å². The van der Waals surface area contributed by atoms with E-state index >= 15 is 0 Å². The monoisotopic (exact) mass is 366 g/mol. The van der Waals surface area contributed by atoms with Crippen molar-refractivity contribution in [1.29, 1.82) is 0 Å². The fourth-order valence-corrected chi connectivity index (χ4v) is 3.14. The number of benzene rings is 1. The number of carbonyl (C=O) groups excluding carboxylic acids is 1. The van der Waals surface area contributed by atoms with E-state index in [0.717, 1.165) is 23.0 Å². The molecule has 6 heteroatoms. The van der Waals surface area contributed by atoms with Crippen LogP contribution in [0.5, 0.6) is 0 Å². The van der Waals surface area contributed by atoms with Crippen LogP contribution in [0.1, 0.15) is 18.4 Å². The van der Waals surface area contributed by atoms with E-state index in [-0.39, 0.29) is 12.2 Å². The van der Waals surface area contributed by atoms with Gasteiger partial charge in [0.15, 0.2) is 0 Å². The first kappa shape index (κ1) is 15.4. The lowest BCUT2D eigenvalue weighted by molar-refractivity contribution is -0.00721. The summed E-state index contributed by atoms with van der Waals surface area (Å²) in [6.07, 6.45) is 3.72. The third-order valence-electron chi connectivity index (χ3n) is 4.07. The number of halogens is 1. The van der Waals surface area contributed by atoms with Crippen molar-refractivity contribution in [2.24, 2.45) is 5.92 Å². The molecule has 2 heterocycles. The molecular weight excluding hydrogens is 348 g/mol. The van der Waals surface area contributed by atoms with Crippen LogP contribution in [0.15, 0.2) is 41.0 Å². The molecule has 1 amide bonds. The summed E-state index contributed by atoms with van der Waals surface area (Å²) < 4.78 is 6.25. The lowest BCUT2D eigenvalue weighted by atomic mass is 9.91. The number of likely N-dealkylation sites (tertiary alicyclic amines) is 1. The Morgan fingerprint density at radius 1 is 1.32 bits per heavy atom. The predicted molar refractivity (Wildman–Crippen MR) is 85.9 cm³/mol. The fourth-order valence-electron chi connectivity index (χ4n) is 2.79. The number of hydroxylamine groups is 1. The zero-order valence-electron chi connectivity index (χ0n) is 12.2. The Bertz CT molecular complexity index is 542. The molecule has 1 fully saturated rings. The minimum Gasteiger partial charge on any atom is -0.445 e. The van der Waals surface area contributed by atoms with Gasteiger partial charge in [-0.1, -0.05) is 30.3 Å². The highest BCUT2D eigenvalue weighted by Gasteiger charge is 2.31. The largest absolute Gasteiger partial charge is 0.445 e. The highest BCUT2D eigenvalue weighted by atomic mass is 79.9. The normalized spacial score (nSPS) is 22.1. The van der Waals surface area contributed by atoms with Gasteiger partial charge in [0, 0.05) is 13.1 Å². The maximum absolute atomic E-state index is 12.1. The minimum atomic E-state index is -0.232. The molecule has 0 aromatic heterocycles. The molecule has 1 saturated heterocycles. The zero-order valence-corrected chi connectivity index (χ0v) is 13.8. The number of nitrogens with one attached hydrogen (secondary N) is 1. The van der Waals surface area contributed by atoms with Crippen LogP contribution in [-0.2, 0) is 16.2 Å². The summed E-state index contributed by atoms with van der Waals surface area (Å²) in [5.41, 5.74) is 3.82. The number of hydrogen-bond donors (Lipinski definition) is 1. The summed E-state index contributed by atoms with van der Waals surface area (Å²) in [5.74, 6) is 0.431. The van der Waals surface area contributed by atoms with Gasteiger partial charge in [0.05, 0.1) is 0 Å². The van der Waals surface area contributed by atoms with Crippen LogP contribution < -0.4 is 5.48 Å². The zero-order chi connectivity index (χ0) is 15.4. The summed E-state index contributed by atoms with van der Waals surface area (Å²) in [6.45, 7) is 1.75. The lowest BCUT2D eigenvalue weighted by Gasteiger charge is -2.32. The Balaban J connectivity index is 1.44. The number of carbonyl (C=O) groups is 1. The average molecular weight is 367 g/mol. The van der Waals surface area contributed by atoms with Gasteiger partial charge in [0.2, 0.25) is 0 Å². The number of amides is 1. The van der Waals surface area contributed by atoms with Crippen LogP contribution in [0.3, 0.4) is 0 Å². The smallest absolute Gasteiger partial charge is 0.410 e. The maximum atomic E-state index is 12.1. The molecule has 2 aliphatic heterocycles. The van der Waals surface area contributed by atoms with Gasteiger partial charge in [-0.2, -0.15) is 0 Å². The second-order valence-corrected chi connectivity index (χ2v) is 6.42. The first-order valence-corrected chi connectivity index (χ1v) is 8.26. The summed E-state index contributed by atoms with van der Waals surface area (Å²) >= 11 is 3.36. The third kappa shape index (κ3) is 3.81. The molecule has 2 aliphatic rings. The topological polar surface area (TPSA) is 50.8 Å². The molecule has 0 spiro atoms. The Kier molecular flexibility index (Phi) is 5.00. The van der Waals surface area contributed by atoms with E-state index in [1.807, 2.05) is 36.4 Å². The van der Waals surface area contributed by atoms with E-state index in [1.165, 1.54) is 0 Å². The van der Waals surface area contributed by atoms with Crippen molar-refractivity contribution in [2.75, 3.05) is 13.1 Å². The molecule has 0 radical (unpaired) electrons. The highest BCUT2D eigenvalue weighted by molar-refractivity contribution is 9.11. The molecule has 1 N–H and O–H groups in total. The van der Waals surface area contributed by atoms with Crippen molar-refractivity contribution < 1.29 is 14.4 Å². The van der Waals surface area contributed by atoms with Crippen molar-refractivity contribution >= 4 is 22.0 Å². The molecule has 22 heavy (non-hydrogen) atoms. The molecule has 5 nitrogen and oxygen atoms in total. The number of rotatable bonds is 3. The lowest BCUT2D eigenvalue weighted by Crippen LogP contribution is -2.41. The second-order valence-electron chi connectivity index (χ2n) is 5.56. The fraction of sp³-hybridized carbons (Fsp3) is 0.438. The second kappa shape index (κ2) is 7.15. The Labute approximate surface area is 138 Å². The van der Waals surface area contributed by atoms with Crippen LogP contribution in [0.4, 0.5) is 4.79 Å². The first-order chi connectivity index (χ1) is 10.7. The van der Waals surface area contributed by atoms with Crippen LogP contribution in [0.2, 0.25) is 0 Å². The molecule has 1 atom stereocenters. The minimum absolute atomic E-state index is 0.0804. The highest BCUT2D eigenvalue weighted by Crippen LogP contribution is 2.27. The van der Waals surface area contributed by atoms with E-state index < -0.39 is 0 Å². The average Bonchev–Trinajstić information content (AvgIpc) is 3.00. The van der Waals surface area contributed by atoms with Gasteiger partial charge in [-0.15, -0.1) is 0 Å². The summed E-state index contributed by atoms with van der Waals surface area (Å²) in [5, 5.41) is 0. The Morgan fingerprint density at radius 3 is 2.68 bits per heavy atom. The van der Waals surface area contributed by atoms with Crippen LogP contribution in [0.25, 0.3) is 0 Å². The molecule has 0 aliphatic carbocycles. The molecular formula is C16H19BrN2O3. The third-order valence-corrected chi connectivity index (χ3v) is 4.50. The number of piperidine rings is 1. The van der Waals surface area contributed by atoms with Gasteiger partial charge >= 0.3 is 6.09 Å². The number of ether oxygens (including phenoxy) is 1. The van der Waals surface area contributed by atoms with Crippen molar-refractivity contribution in [1.82, 2.24) is 10.4 Å². The summed E-state index contributed by atoms with van der Waals surface area (Å²) in [7, 11) is 0. The SMILES string of the molecule is O=C(OCc1ccccc1)N1CCC(C2C=C(Br)NO2)CC1. The van der Waals surface area contributed by atoms with E-state index in [9.17, 15) is 4.79 Å². The van der Waals surface area contributed by atoms with E-state index in [1.54, 1.807) is 4.90 Å². The van der Waals surface area contributed by atoms with Gasteiger partial charge in [0.25, 0.3) is 0 Å². The number of hydrogen-bond acceptors (Lipinski definition) is 4. The Hall–Kier alpha value is -1.53. The van der Waals surface area contributed by atoms with Crippen LogP contribution >= 0.6 is 15.9 Å². The van der Waals surface area contributed by atoms with Crippen molar-refractivity contribution in [3.05, 3.63) is 46.6 Å². The van der Waals surface area contributed by atoms with Crippen LogP contribution in [-0.4, -0.2) is 30.2 Å². The van der Waals surface area contributed by atoms with Crippen LogP contribution in [0, 0.1) is 5.92 Å².